The number of aromatic nitrogens is 1. The maximum atomic E-state index is 11.1. The van der Waals surface area contributed by atoms with Crippen LogP contribution in [0.5, 0.6) is 0 Å². The standard InChI is InChI=1S/C14H15BrN4O2/c1-9(10-3-5-11(15)6-4-10)17-14-12(19(20)21)7-8-13(16-2)18-14/h3-9H,1-2H3,(H2,16,17,18). The molecule has 7 heteroatoms. The van der Waals surface area contributed by atoms with E-state index >= 15 is 0 Å². The average Bonchev–Trinajstić information content (AvgIpc) is 2.47. The van der Waals surface area contributed by atoms with Gasteiger partial charge in [0.1, 0.15) is 5.82 Å². The summed E-state index contributed by atoms with van der Waals surface area (Å²) in [5.74, 6) is 0.827. The van der Waals surface area contributed by atoms with Crippen molar-refractivity contribution >= 4 is 33.3 Å². The van der Waals surface area contributed by atoms with E-state index in [9.17, 15) is 10.1 Å². The van der Waals surface area contributed by atoms with Crippen molar-refractivity contribution in [3.05, 3.63) is 56.5 Å². The number of hydrogen-bond donors (Lipinski definition) is 2. The van der Waals surface area contributed by atoms with E-state index in [0.29, 0.717) is 5.82 Å². The summed E-state index contributed by atoms with van der Waals surface area (Å²) in [4.78, 5) is 14.9. The highest BCUT2D eigenvalue weighted by Crippen LogP contribution is 2.28. The van der Waals surface area contributed by atoms with Gasteiger partial charge in [-0.15, -0.1) is 0 Å². The van der Waals surface area contributed by atoms with E-state index in [1.807, 2.05) is 31.2 Å². The zero-order chi connectivity index (χ0) is 15.4. The molecular weight excluding hydrogens is 336 g/mol. The first-order chi connectivity index (χ1) is 10.0. The normalized spacial score (nSPS) is 11.8. The number of rotatable bonds is 5. The smallest absolute Gasteiger partial charge is 0.311 e. The first kappa shape index (κ1) is 15.2. The topological polar surface area (TPSA) is 80.1 Å². The molecule has 0 saturated carbocycles. The second-order valence-electron chi connectivity index (χ2n) is 4.49. The lowest BCUT2D eigenvalue weighted by Gasteiger charge is -2.15. The summed E-state index contributed by atoms with van der Waals surface area (Å²) in [7, 11) is 1.72. The van der Waals surface area contributed by atoms with Gasteiger partial charge >= 0.3 is 5.69 Å². The maximum Gasteiger partial charge on any atom is 0.311 e. The zero-order valence-corrected chi connectivity index (χ0v) is 13.2. The summed E-state index contributed by atoms with van der Waals surface area (Å²) >= 11 is 3.38. The Morgan fingerprint density at radius 1 is 1.24 bits per heavy atom. The molecule has 6 nitrogen and oxygen atoms in total. The van der Waals surface area contributed by atoms with E-state index in [2.05, 4.69) is 31.5 Å². The average molecular weight is 351 g/mol. The molecule has 0 aliphatic carbocycles. The Kier molecular flexibility index (Phi) is 4.74. The Balaban J connectivity index is 2.28. The minimum Gasteiger partial charge on any atom is -0.373 e. The van der Waals surface area contributed by atoms with Crippen LogP contribution in [0.2, 0.25) is 0 Å². The van der Waals surface area contributed by atoms with Crippen LogP contribution in [0.15, 0.2) is 40.9 Å². The van der Waals surface area contributed by atoms with Gasteiger partial charge in [0.05, 0.1) is 11.0 Å². The maximum absolute atomic E-state index is 11.1. The summed E-state index contributed by atoms with van der Waals surface area (Å²) in [6, 6.07) is 10.7. The minimum absolute atomic E-state index is 0.0436. The van der Waals surface area contributed by atoms with Crippen LogP contribution in [0.3, 0.4) is 0 Å². The Morgan fingerprint density at radius 3 is 2.48 bits per heavy atom. The van der Waals surface area contributed by atoms with Crippen molar-refractivity contribution in [2.75, 3.05) is 17.7 Å². The quantitative estimate of drug-likeness (QED) is 0.629. The first-order valence-corrected chi connectivity index (χ1v) is 7.15. The van der Waals surface area contributed by atoms with Gasteiger partial charge in [0.25, 0.3) is 0 Å². The minimum atomic E-state index is -0.441. The van der Waals surface area contributed by atoms with Crippen molar-refractivity contribution in [1.82, 2.24) is 4.98 Å². The summed E-state index contributed by atoms with van der Waals surface area (Å²) in [6.07, 6.45) is 0. The van der Waals surface area contributed by atoms with E-state index in [1.54, 1.807) is 13.1 Å². The van der Waals surface area contributed by atoms with Crippen molar-refractivity contribution in [2.45, 2.75) is 13.0 Å². The number of anilines is 2. The number of benzene rings is 1. The number of nitro groups is 1. The third-order valence-corrected chi connectivity index (χ3v) is 3.58. The van der Waals surface area contributed by atoms with Gasteiger partial charge in [-0.05, 0) is 30.7 Å². The lowest BCUT2D eigenvalue weighted by molar-refractivity contribution is -0.384. The van der Waals surface area contributed by atoms with E-state index < -0.39 is 4.92 Å². The van der Waals surface area contributed by atoms with Gasteiger partial charge in [-0.3, -0.25) is 10.1 Å². The number of pyridine rings is 1. The molecule has 110 valence electrons. The van der Waals surface area contributed by atoms with Crippen LogP contribution in [0, 0.1) is 10.1 Å². The van der Waals surface area contributed by atoms with Gasteiger partial charge in [0, 0.05) is 17.6 Å². The van der Waals surface area contributed by atoms with E-state index in [-0.39, 0.29) is 17.5 Å². The molecule has 0 spiro atoms. The molecule has 21 heavy (non-hydrogen) atoms. The van der Waals surface area contributed by atoms with Crippen LogP contribution < -0.4 is 10.6 Å². The van der Waals surface area contributed by atoms with Gasteiger partial charge in [-0.1, -0.05) is 28.1 Å². The third-order valence-electron chi connectivity index (χ3n) is 3.05. The molecule has 1 aromatic carbocycles. The predicted molar refractivity (Wildman–Crippen MR) is 86.6 cm³/mol. The van der Waals surface area contributed by atoms with E-state index in [0.717, 1.165) is 10.0 Å². The summed E-state index contributed by atoms with van der Waals surface area (Å²) < 4.78 is 0.986. The monoisotopic (exact) mass is 350 g/mol. The molecule has 2 N–H and O–H groups in total. The largest absolute Gasteiger partial charge is 0.373 e. The second-order valence-corrected chi connectivity index (χ2v) is 5.40. The molecule has 0 fully saturated rings. The van der Waals surface area contributed by atoms with Gasteiger partial charge in [0.2, 0.25) is 5.82 Å². The van der Waals surface area contributed by atoms with Crippen molar-refractivity contribution in [2.24, 2.45) is 0 Å². The molecule has 0 bridgehead atoms. The fraction of sp³-hybridized carbons (Fsp3) is 0.214. The number of nitrogens with zero attached hydrogens (tertiary/aromatic N) is 2. The highest BCUT2D eigenvalue weighted by molar-refractivity contribution is 9.10. The van der Waals surface area contributed by atoms with Crippen LogP contribution in [0.1, 0.15) is 18.5 Å². The lowest BCUT2D eigenvalue weighted by atomic mass is 10.1. The van der Waals surface area contributed by atoms with Crippen LogP contribution in [0.4, 0.5) is 17.3 Å². The first-order valence-electron chi connectivity index (χ1n) is 6.36. The van der Waals surface area contributed by atoms with Crippen molar-refractivity contribution in [3.63, 3.8) is 0 Å². The summed E-state index contributed by atoms with van der Waals surface area (Å²) in [5.41, 5.74) is 0.974. The Bertz CT molecular complexity index is 646. The number of nitrogens with one attached hydrogen (secondary N) is 2. The second kappa shape index (κ2) is 6.53. The molecule has 1 heterocycles. The van der Waals surface area contributed by atoms with Gasteiger partial charge in [-0.2, -0.15) is 0 Å². The fourth-order valence-corrected chi connectivity index (χ4v) is 2.15. The van der Waals surface area contributed by atoms with Crippen molar-refractivity contribution < 1.29 is 4.92 Å². The number of halogens is 1. The lowest BCUT2D eigenvalue weighted by Crippen LogP contribution is -2.10. The van der Waals surface area contributed by atoms with Crippen molar-refractivity contribution in [1.29, 1.82) is 0 Å². The molecule has 2 aromatic rings. The molecule has 2 rings (SSSR count). The van der Waals surface area contributed by atoms with Crippen LogP contribution >= 0.6 is 15.9 Å². The molecule has 0 saturated heterocycles. The summed E-state index contributed by atoms with van der Waals surface area (Å²) in [6.45, 7) is 1.93. The molecule has 0 radical (unpaired) electrons. The van der Waals surface area contributed by atoms with Gasteiger partial charge in [0.15, 0.2) is 0 Å². The van der Waals surface area contributed by atoms with Crippen LogP contribution in [-0.4, -0.2) is 17.0 Å². The highest BCUT2D eigenvalue weighted by Gasteiger charge is 2.18. The molecular formula is C14H15BrN4O2. The highest BCUT2D eigenvalue weighted by atomic mass is 79.9. The fourth-order valence-electron chi connectivity index (χ4n) is 1.88. The summed E-state index contributed by atoms with van der Waals surface area (Å²) in [5, 5.41) is 17.1. The van der Waals surface area contributed by atoms with Gasteiger partial charge < -0.3 is 10.6 Å². The van der Waals surface area contributed by atoms with Crippen LogP contribution in [0.25, 0.3) is 0 Å². The number of hydrogen-bond acceptors (Lipinski definition) is 5. The van der Waals surface area contributed by atoms with E-state index in [1.165, 1.54) is 6.07 Å². The third kappa shape index (κ3) is 3.69. The molecule has 1 atom stereocenters. The molecule has 1 aromatic heterocycles. The Morgan fingerprint density at radius 2 is 1.90 bits per heavy atom. The molecule has 0 aliphatic heterocycles. The SMILES string of the molecule is CNc1ccc([N+](=O)[O-])c(NC(C)c2ccc(Br)cc2)n1. The zero-order valence-electron chi connectivity index (χ0n) is 11.6. The molecule has 1 unspecified atom stereocenters. The van der Waals surface area contributed by atoms with Crippen molar-refractivity contribution in [3.8, 4) is 0 Å². The Hall–Kier alpha value is -2.15. The van der Waals surface area contributed by atoms with Gasteiger partial charge in [-0.25, -0.2) is 4.98 Å². The van der Waals surface area contributed by atoms with Crippen LogP contribution in [-0.2, 0) is 0 Å². The predicted octanol–water partition coefficient (Wildman–Crippen LogP) is 3.97. The molecule has 0 amide bonds. The van der Waals surface area contributed by atoms with E-state index in [4.69, 9.17) is 0 Å². The molecule has 0 aliphatic rings. The Labute approximate surface area is 130 Å².